The number of benzene rings is 2. The van der Waals surface area contributed by atoms with Crippen LogP contribution in [0.2, 0.25) is 0 Å². The summed E-state index contributed by atoms with van der Waals surface area (Å²) in [6, 6.07) is 22.7. The predicted octanol–water partition coefficient (Wildman–Crippen LogP) is 5.70. The first-order chi connectivity index (χ1) is 11.4. The van der Waals surface area contributed by atoms with Gasteiger partial charge >= 0.3 is 0 Å². The molecule has 2 nitrogen and oxygen atoms in total. The number of nitrogens with zero attached hydrogens (tertiary/aromatic N) is 2. The first kappa shape index (κ1) is 17.3. The second kappa shape index (κ2) is 9.83. The number of hydrogen-bond donors (Lipinski definition) is 1. The Morgan fingerprint density at radius 3 is 2.09 bits per heavy atom. The molecule has 23 heavy (non-hydrogen) atoms. The quantitative estimate of drug-likeness (QED) is 0.489. The summed E-state index contributed by atoms with van der Waals surface area (Å²) in [5.74, 6) is 0.827. The topological polar surface area (TPSA) is 36.7 Å². The van der Waals surface area contributed by atoms with E-state index in [0.29, 0.717) is 6.42 Å². The van der Waals surface area contributed by atoms with E-state index in [-0.39, 0.29) is 0 Å². The van der Waals surface area contributed by atoms with Crippen LogP contribution in [-0.4, -0.2) is 10.7 Å². The van der Waals surface area contributed by atoms with Crippen LogP contribution in [-0.2, 0) is 0 Å². The number of thiol groups is 1. The van der Waals surface area contributed by atoms with Crippen molar-refractivity contribution in [3.05, 3.63) is 66.2 Å². The lowest BCUT2D eigenvalue weighted by atomic mass is 10.1. The molecule has 0 spiro atoms. The van der Waals surface area contributed by atoms with Crippen molar-refractivity contribution >= 4 is 24.0 Å². The second-order valence-corrected chi connectivity index (χ2v) is 6.05. The fraction of sp³-hybridized carbons (Fsp3) is 0.158. The molecule has 0 aliphatic carbocycles. The average molecular weight is 339 g/mol. The summed E-state index contributed by atoms with van der Waals surface area (Å²) in [5, 5.41) is 7.91. The van der Waals surface area contributed by atoms with Gasteiger partial charge in [-0.1, -0.05) is 60.7 Å². The number of hydrogen-bond acceptors (Lipinski definition) is 4. The van der Waals surface area contributed by atoms with Gasteiger partial charge in [-0.2, -0.15) is 17.9 Å². The van der Waals surface area contributed by atoms with E-state index in [1.165, 1.54) is 16.0 Å². The summed E-state index contributed by atoms with van der Waals surface area (Å²) in [4.78, 5) is 5.71. The molecular formula is C19H18N2S2. The summed E-state index contributed by atoms with van der Waals surface area (Å²) in [7, 11) is 0. The van der Waals surface area contributed by atoms with Gasteiger partial charge in [0.25, 0.3) is 0 Å². The maximum absolute atomic E-state index is 7.91. The summed E-state index contributed by atoms with van der Waals surface area (Å²) < 4.78 is 0. The molecule has 0 aliphatic rings. The Kier molecular flexibility index (Phi) is 7.38. The van der Waals surface area contributed by atoms with E-state index in [2.05, 4.69) is 54.0 Å². The number of nitriles is 1. The third kappa shape index (κ3) is 5.24. The van der Waals surface area contributed by atoms with Crippen LogP contribution in [0.25, 0.3) is 21.7 Å². The first-order valence-electron chi connectivity index (χ1n) is 7.39. The van der Waals surface area contributed by atoms with Gasteiger partial charge in [0.1, 0.15) is 0 Å². The van der Waals surface area contributed by atoms with Gasteiger partial charge in [-0.3, -0.25) is 0 Å². The summed E-state index contributed by atoms with van der Waals surface area (Å²) in [6.45, 7) is 0. The molecule has 0 saturated heterocycles. The Morgan fingerprint density at radius 1 is 0.957 bits per heavy atom. The van der Waals surface area contributed by atoms with Crippen LogP contribution in [0.15, 0.2) is 66.2 Å². The molecule has 0 radical (unpaired) electrons. The number of rotatable bonds is 4. The molecule has 0 bridgehead atoms. The van der Waals surface area contributed by atoms with Gasteiger partial charge in [-0.05, 0) is 17.7 Å². The molecule has 0 atom stereocenters. The van der Waals surface area contributed by atoms with Crippen molar-refractivity contribution in [2.75, 3.05) is 5.75 Å². The minimum atomic E-state index is 0.642. The van der Waals surface area contributed by atoms with E-state index in [1.54, 1.807) is 11.3 Å². The van der Waals surface area contributed by atoms with Crippen LogP contribution in [0.3, 0.4) is 0 Å². The van der Waals surface area contributed by atoms with E-state index in [4.69, 9.17) is 5.26 Å². The molecule has 3 aromatic rings. The summed E-state index contributed by atoms with van der Waals surface area (Å²) in [5.41, 5.74) is 5.38. The van der Waals surface area contributed by atoms with Crippen molar-refractivity contribution in [3.63, 3.8) is 0 Å². The lowest BCUT2D eigenvalue weighted by Gasteiger charge is -2.02. The largest absolute Gasteiger partial charge is 0.244 e. The van der Waals surface area contributed by atoms with E-state index in [1.807, 2.05) is 35.8 Å². The molecule has 2 aromatic carbocycles. The fourth-order valence-electron chi connectivity index (χ4n) is 2.00. The highest BCUT2D eigenvalue weighted by Crippen LogP contribution is 2.34. The zero-order chi connectivity index (χ0) is 16.3. The normalized spacial score (nSPS) is 9.57. The molecule has 0 N–H and O–H groups in total. The molecule has 0 fully saturated rings. The molecular weight excluding hydrogens is 320 g/mol. The van der Waals surface area contributed by atoms with Crippen LogP contribution in [0.5, 0.6) is 0 Å². The SMILES string of the molecule is N#CCCCS.c1ccc(-c2ncsc2-c2ccccc2)cc1. The van der Waals surface area contributed by atoms with Gasteiger partial charge in [0, 0.05) is 12.0 Å². The zero-order valence-corrected chi connectivity index (χ0v) is 14.4. The molecule has 0 amide bonds. The first-order valence-corrected chi connectivity index (χ1v) is 8.90. The van der Waals surface area contributed by atoms with Crippen LogP contribution >= 0.6 is 24.0 Å². The standard InChI is InChI=1S/C15H11NS.C4H7NS/c1-3-7-12(8-4-1)14-15(17-11-16-14)13-9-5-2-6-10-13;5-3-1-2-4-6/h1-11H;6H,1-2,4H2. The number of thiazole rings is 1. The number of unbranched alkanes of at least 4 members (excludes halogenated alkanes) is 1. The molecule has 1 heterocycles. The minimum Gasteiger partial charge on any atom is -0.244 e. The van der Waals surface area contributed by atoms with Gasteiger partial charge in [0.05, 0.1) is 22.2 Å². The average Bonchev–Trinajstić information content (AvgIpc) is 3.12. The summed E-state index contributed by atoms with van der Waals surface area (Å²) >= 11 is 5.59. The van der Waals surface area contributed by atoms with Gasteiger partial charge in [-0.25, -0.2) is 4.98 Å². The highest BCUT2D eigenvalue weighted by Gasteiger charge is 2.09. The number of aromatic nitrogens is 1. The molecule has 3 rings (SSSR count). The Hall–Kier alpha value is -2.09. The van der Waals surface area contributed by atoms with Crippen LogP contribution in [0.4, 0.5) is 0 Å². The van der Waals surface area contributed by atoms with E-state index < -0.39 is 0 Å². The third-order valence-corrected chi connectivity index (χ3v) is 4.29. The zero-order valence-electron chi connectivity index (χ0n) is 12.7. The molecule has 0 aliphatic heterocycles. The molecule has 116 valence electrons. The summed E-state index contributed by atoms with van der Waals surface area (Å²) in [6.07, 6.45) is 1.56. The van der Waals surface area contributed by atoms with E-state index in [9.17, 15) is 0 Å². The lowest BCUT2D eigenvalue weighted by molar-refractivity contribution is 0.985. The lowest BCUT2D eigenvalue weighted by Crippen LogP contribution is -1.80. The van der Waals surface area contributed by atoms with Gasteiger partial charge in [0.15, 0.2) is 0 Å². The predicted molar refractivity (Wildman–Crippen MR) is 102 cm³/mol. The highest BCUT2D eigenvalue weighted by molar-refractivity contribution is 7.80. The molecule has 4 heteroatoms. The molecule has 1 aromatic heterocycles. The van der Waals surface area contributed by atoms with E-state index in [0.717, 1.165) is 17.9 Å². The van der Waals surface area contributed by atoms with Crippen molar-refractivity contribution in [2.45, 2.75) is 12.8 Å². The van der Waals surface area contributed by atoms with Gasteiger partial charge < -0.3 is 0 Å². The maximum atomic E-state index is 7.91. The smallest absolute Gasteiger partial charge is 0.0890 e. The van der Waals surface area contributed by atoms with Crippen molar-refractivity contribution in [1.29, 1.82) is 5.26 Å². The van der Waals surface area contributed by atoms with Gasteiger partial charge in [-0.15, -0.1) is 11.3 Å². The molecule has 0 unspecified atom stereocenters. The van der Waals surface area contributed by atoms with E-state index >= 15 is 0 Å². The van der Waals surface area contributed by atoms with Gasteiger partial charge in [0.2, 0.25) is 0 Å². The van der Waals surface area contributed by atoms with Crippen LogP contribution in [0, 0.1) is 11.3 Å². The second-order valence-electron chi connectivity index (χ2n) is 4.75. The fourth-order valence-corrected chi connectivity index (χ4v) is 2.98. The monoisotopic (exact) mass is 338 g/mol. The minimum absolute atomic E-state index is 0.642. The van der Waals surface area contributed by atoms with Crippen molar-refractivity contribution in [1.82, 2.24) is 4.98 Å². The van der Waals surface area contributed by atoms with Crippen molar-refractivity contribution < 1.29 is 0 Å². The Morgan fingerprint density at radius 2 is 1.57 bits per heavy atom. The van der Waals surface area contributed by atoms with Crippen molar-refractivity contribution in [3.8, 4) is 27.8 Å². The van der Waals surface area contributed by atoms with Crippen LogP contribution < -0.4 is 0 Å². The van der Waals surface area contributed by atoms with Crippen LogP contribution in [0.1, 0.15) is 12.8 Å². The Labute approximate surface area is 146 Å². The maximum Gasteiger partial charge on any atom is 0.0890 e. The molecule has 0 saturated carbocycles. The Bertz CT molecular complexity index is 677. The van der Waals surface area contributed by atoms with Crippen molar-refractivity contribution in [2.24, 2.45) is 0 Å². The Balaban J connectivity index is 0.000000277. The highest BCUT2D eigenvalue weighted by atomic mass is 32.1. The third-order valence-electron chi connectivity index (χ3n) is 3.10.